The number of hydrogen-bond acceptors (Lipinski definition) is 7. The first-order valence-corrected chi connectivity index (χ1v) is 12.0. The number of ether oxygens (including phenoxy) is 1. The summed E-state index contributed by atoms with van der Waals surface area (Å²) in [4.78, 5) is 20.9. The molecule has 5 atom stereocenters. The maximum atomic E-state index is 10.8. The van der Waals surface area contributed by atoms with Gasteiger partial charge in [-0.05, 0) is 44.6 Å². The van der Waals surface area contributed by atoms with Crippen LogP contribution in [0.3, 0.4) is 0 Å². The fourth-order valence-corrected chi connectivity index (χ4v) is 4.45. The Hall–Kier alpha value is -1.23. The topological polar surface area (TPSA) is 98.9 Å². The molecule has 34 heavy (non-hydrogen) atoms. The van der Waals surface area contributed by atoms with E-state index in [0.29, 0.717) is 26.2 Å². The Kier molecular flexibility index (Phi) is 12.2. The Bertz CT molecular complexity index is 769. The van der Waals surface area contributed by atoms with Gasteiger partial charge in [0.2, 0.25) is 0 Å². The molecule has 9 nitrogen and oxygen atoms in total. The van der Waals surface area contributed by atoms with Gasteiger partial charge >= 0.3 is 23.0 Å². The van der Waals surface area contributed by atoms with Crippen LogP contribution in [0.4, 0.5) is 0 Å². The zero-order chi connectivity index (χ0) is 23.8. The van der Waals surface area contributed by atoms with E-state index in [-0.39, 0.29) is 41.9 Å². The first kappa shape index (κ1) is 29.0. The van der Waals surface area contributed by atoms with Crippen LogP contribution >= 0.6 is 0 Å². The first-order valence-electron chi connectivity index (χ1n) is 12.0. The molecule has 0 saturated carbocycles. The number of aliphatic hydroxyl groups is 1. The number of carbonyl (C=O) groups is 1. The number of β-amino-alcohol motifs (C(OH)–C–C–N with tert-alkyl or cyclic N) is 1. The molecule has 0 amide bonds. The smallest absolute Gasteiger partial charge is 0.480 e. The van der Waals surface area contributed by atoms with Crippen LogP contribution in [0.25, 0.3) is 0 Å². The second kappa shape index (κ2) is 14.4. The third-order valence-electron chi connectivity index (χ3n) is 6.08. The van der Waals surface area contributed by atoms with Gasteiger partial charge in [0.25, 0.3) is 0 Å². The fourth-order valence-electron chi connectivity index (χ4n) is 4.45. The molecule has 1 saturated heterocycles. The number of carboxylic acids is 1. The van der Waals surface area contributed by atoms with Gasteiger partial charge in [0, 0.05) is 26.2 Å². The van der Waals surface area contributed by atoms with Gasteiger partial charge in [-0.3, -0.25) is 11.2 Å². The summed E-state index contributed by atoms with van der Waals surface area (Å²) in [7, 11) is 0. The number of benzene rings is 1. The van der Waals surface area contributed by atoms with Crippen molar-refractivity contribution in [2.24, 2.45) is 0 Å². The summed E-state index contributed by atoms with van der Waals surface area (Å²) in [5, 5.41) is 23.8. The molecule has 191 valence electrons. The zero-order valence-electron chi connectivity index (χ0n) is 20.5. The van der Waals surface area contributed by atoms with Crippen molar-refractivity contribution >= 4 is 5.97 Å². The summed E-state index contributed by atoms with van der Waals surface area (Å²) >= 11 is 0. The number of carboxylic acid groups (broad SMARTS) is 1. The van der Waals surface area contributed by atoms with Crippen molar-refractivity contribution in [3.05, 3.63) is 35.7 Å². The number of nitrogens with zero attached hydrogens (tertiary/aromatic N) is 2. The van der Waals surface area contributed by atoms with Gasteiger partial charge in [-0.25, -0.2) is 0 Å². The van der Waals surface area contributed by atoms with Crippen molar-refractivity contribution in [2.75, 3.05) is 52.4 Å². The van der Waals surface area contributed by atoms with Crippen molar-refractivity contribution in [1.82, 2.24) is 15.3 Å². The van der Waals surface area contributed by atoms with E-state index >= 15 is 0 Å². The number of aliphatic hydroxyl groups excluding tert-OH is 1. The number of quaternary nitrogens is 1. The molecule has 1 aromatic carbocycles. The molecule has 0 aromatic heterocycles. The Balaban J connectivity index is 0.00000408. The summed E-state index contributed by atoms with van der Waals surface area (Å²) < 4.78 is 6.13. The average molecular weight is 520 g/mol. The van der Waals surface area contributed by atoms with Crippen LogP contribution < -0.4 is 15.1 Å². The molecule has 1 radical (unpaired) electrons. The van der Waals surface area contributed by atoms with Gasteiger partial charge in [0.15, 0.2) is 5.75 Å². The SMILES string of the molecule is CC[NH+]1CCN(C[C@H](C)O)C[CH-]C2CN(C[C@H](C)O2)Oc2ccc(CNCC(=O)O)cc2C1.[Fe+3]. The Morgan fingerprint density at radius 3 is 2.88 bits per heavy atom. The molecule has 2 heterocycles. The Morgan fingerprint density at radius 2 is 2.18 bits per heavy atom. The van der Waals surface area contributed by atoms with Crippen molar-refractivity contribution in [1.29, 1.82) is 0 Å². The Labute approximate surface area is 213 Å². The van der Waals surface area contributed by atoms with Crippen molar-refractivity contribution in [3.63, 3.8) is 0 Å². The molecular weight excluding hydrogens is 480 g/mol. The van der Waals surface area contributed by atoms with Gasteiger partial charge in [-0.1, -0.05) is 6.07 Å². The standard InChI is InChI=1S/C24H39N4O5.Fe/c1-4-26-9-10-27(14-18(2)29)8-7-22-17-28(15-19(3)32-22)33-23-6-5-20(11-21(23)16-26)12-25-13-24(30)31;/h5-7,11,18-19,22,25,29H,4,8-10,12-17H2,1-3H3,(H,30,31);/q-1;+3/p+1/t18-,19-,22?;/m0./s1. The van der Waals surface area contributed by atoms with Crippen molar-refractivity contribution in [3.8, 4) is 5.75 Å². The summed E-state index contributed by atoms with van der Waals surface area (Å²) in [6.07, 6.45) is 1.82. The monoisotopic (exact) mass is 520 g/mol. The van der Waals surface area contributed by atoms with Gasteiger partial charge in [0.1, 0.15) is 6.54 Å². The van der Waals surface area contributed by atoms with E-state index in [2.05, 4.69) is 36.6 Å². The summed E-state index contributed by atoms with van der Waals surface area (Å²) in [6, 6.07) is 6.12. The summed E-state index contributed by atoms with van der Waals surface area (Å²) in [5.41, 5.74) is 2.15. The zero-order valence-corrected chi connectivity index (χ0v) is 21.6. The first-order chi connectivity index (χ1) is 15.8. The number of morpholine rings is 1. The minimum absolute atomic E-state index is 0. The number of likely N-dealkylation sites (N-methyl/N-ethyl adjacent to an activating group) is 1. The quantitative estimate of drug-likeness (QED) is 0.284. The molecule has 0 aliphatic carbocycles. The van der Waals surface area contributed by atoms with E-state index in [0.717, 1.165) is 49.6 Å². The summed E-state index contributed by atoms with van der Waals surface area (Å²) in [6.45, 7) is 12.8. The van der Waals surface area contributed by atoms with Crippen molar-refractivity contribution in [2.45, 2.75) is 52.2 Å². The Morgan fingerprint density at radius 1 is 1.38 bits per heavy atom. The molecule has 2 aliphatic heterocycles. The van der Waals surface area contributed by atoms with Crippen molar-refractivity contribution < 1.29 is 46.6 Å². The molecule has 3 rings (SSSR count). The van der Waals surface area contributed by atoms with Crippen LogP contribution in [0.5, 0.6) is 5.75 Å². The van der Waals surface area contributed by atoms with Crippen LogP contribution in [0.2, 0.25) is 0 Å². The van der Waals surface area contributed by atoms with Crippen LogP contribution in [-0.4, -0.2) is 96.8 Å². The third kappa shape index (κ3) is 9.43. The number of hydrogen-bond donors (Lipinski definition) is 4. The third-order valence-corrected chi connectivity index (χ3v) is 6.08. The van der Waals surface area contributed by atoms with E-state index in [1.54, 1.807) is 0 Å². The molecule has 10 heteroatoms. The maximum Gasteiger partial charge on any atom is 3.00 e. The molecule has 0 spiro atoms. The van der Waals surface area contributed by atoms with E-state index in [1.807, 2.05) is 24.1 Å². The number of hydroxylamine groups is 2. The molecular formula is C24H40FeN4O5+3. The number of aliphatic carboxylic acids is 1. The number of nitrogens with one attached hydrogen (secondary N) is 2. The van der Waals surface area contributed by atoms with Crippen LogP contribution in [-0.2, 0) is 39.7 Å². The number of rotatable bonds is 7. The molecule has 2 aliphatic rings. The van der Waals surface area contributed by atoms with Gasteiger partial charge in [-0.15, -0.1) is 11.6 Å². The normalized spacial score (nSPS) is 27.1. The molecule has 1 aromatic rings. The van der Waals surface area contributed by atoms with E-state index < -0.39 is 5.97 Å². The second-order valence-corrected chi connectivity index (χ2v) is 9.24. The largest absolute Gasteiger partial charge is 3.00 e. The van der Waals surface area contributed by atoms with Crippen LogP contribution in [0, 0.1) is 6.42 Å². The molecule has 3 unspecified atom stereocenters. The van der Waals surface area contributed by atoms with Gasteiger partial charge in [0.05, 0.1) is 44.0 Å². The van der Waals surface area contributed by atoms with Gasteiger partial charge < -0.3 is 34.9 Å². The molecule has 2 bridgehead atoms. The number of fused-ring (bicyclic) bond motifs is 3. The van der Waals surface area contributed by atoms with E-state index in [1.165, 1.54) is 4.90 Å². The average Bonchev–Trinajstić information content (AvgIpc) is 2.75. The van der Waals surface area contributed by atoms with E-state index in [4.69, 9.17) is 14.7 Å². The maximum absolute atomic E-state index is 10.8. The predicted octanol–water partition coefficient (Wildman–Crippen LogP) is -0.453. The van der Waals surface area contributed by atoms with Crippen LogP contribution in [0.1, 0.15) is 31.9 Å². The minimum Gasteiger partial charge on any atom is -0.480 e. The van der Waals surface area contributed by atoms with Crippen LogP contribution in [0.15, 0.2) is 18.2 Å². The molecule has 1 fully saturated rings. The van der Waals surface area contributed by atoms with E-state index in [9.17, 15) is 9.90 Å². The predicted molar refractivity (Wildman–Crippen MR) is 125 cm³/mol. The molecule has 4 N–H and O–H groups in total. The second-order valence-electron chi connectivity index (χ2n) is 9.24. The fraction of sp³-hybridized carbons (Fsp3) is 0.667. The van der Waals surface area contributed by atoms with Gasteiger partial charge in [-0.2, -0.15) is 0 Å². The summed E-state index contributed by atoms with van der Waals surface area (Å²) in [5.74, 6) is -0.0206. The minimum atomic E-state index is -0.864.